The molecule has 0 amide bonds. The summed E-state index contributed by atoms with van der Waals surface area (Å²) in [6, 6.07) is 9.22. The van der Waals surface area contributed by atoms with Crippen LogP contribution in [-0.2, 0) is 4.79 Å². The molecule has 3 nitrogen and oxygen atoms in total. The van der Waals surface area contributed by atoms with E-state index >= 15 is 0 Å². The molecule has 0 aromatic heterocycles. The molecular weight excluding hydrogens is 266 g/mol. The Morgan fingerprint density at radius 2 is 1.80 bits per heavy atom. The van der Waals surface area contributed by atoms with Crippen LogP contribution in [0.4, 0.5) is 8.78 Å². The third-order valence-corrected chi connectivity index (χ3v) is 2.44. The molecule has 0 spiro atoms. The first-order valence-corrected chi connectivity index (χ1v) is 5.69. The van der Waals surface area contributed by atoms with Gasteiger partial charge < -0.3 is 9.84 Å². The quantitative estimate of drug-likeness (QED) is 0.863. The second-order valence-corrected chi connectivity index (χ2v) is 3.89. The summed E-state index contributed by atoms with van der Waals surface area (Å²) < 4.78 is 31.9. The predicted molar refractivity (Wildman–Crippen MR) is 69.5 cm³/mol. The number of carbonyl (C=O) groups is 1. The Morgan fingerprint density at radius 1 is 1.10 bits per heavy atom. The number of halogens is 2. The molecule has 2 rings (SSSR count). The topological polar surface area (TPSA) is 46.5 Å². The molecule has 0 saturated heterocycles. The molecule has 0 aliphatic heterocycles. The van der Waals surface area contributed by atoms with E-state index in [1.165, 1.54) is 48.5 Å². The van der Waals surface area contributed by atoms with E-state index in [4.69, 9.17) is 9.84 Å². The number of hydrogen-bond acceptors (Lipinski definition) is 2. The zero-order valence-corrected chi connectivity index (χ0v) is 10.2. The van der Waals surface area contributed by atoms with Crippen molar-refractivity contribution >= 4 is 12.0 Å². The van der Waals surface area contributed by atoms with Crippen LogP contribution in [0.2, 0.25) is 0 Å². The van der Waals surface area contributed by atoms with Crippen molar-refractivity contribution in [2.24, 2.45) is 0 Å². The molecule has 0 aliphatic carbocycles. The highest BCUT2D eigenvalue weighted by Gasteiger charge is 2.09. The summed E-state index contributed by atoms with van der Waals surface area (Å²) in [4.78, 5) is 10.5. The van der Waals surface area contributed by atoms with Gasteiger partial charge in [0.25, 0.3) is 0 Å². The number of carboxylic acid groups (broad SMARTS) is 1. The van der Waals surface area contributed by atoms with Crippen LogP contribution >= 0.6 is 0 Å². The lowest BCUT2D eigenvalue weighted by molar-refractivity contribution is -0.131. The van der Waals surface area contributed by atoms with E-state index in [-0.39, 0.29) is 17.1 Å². The van der Waals surface area contributed by atoms with Crippen LogP contribution in [0, 0.1) is 11.6 Å². The molecule has 0 radical (unpaired) electrons. The van der Waals surface area contributed by atoms with Crippen molar-refractivity contribution in [3.05, 3.63) is 65.7 Å². The van der Waals surface area contributed by atoms with Gasteiger partial charge in [0.1, 0.15) is 11.6 Å². The van der Waals surface area contributed by atoms with Crippen LogP contribution in [0.1, 0.15) is 5.56 Å². The predicted octanol–water partition coefficient (Wildman–Crippen LogP) is 3.85. The summed E-state index contributed by atoms with van der Waals surface area (Å²) in [5.41, 5.74) is 0.275. The lowest BCUT2D eigenvalue weighted by Crippen LogP contribution is -1.93. The number of ether oxygens (including phenoxy) is 1. The van der Waals surface area contributed by atoms with E-state index in [0.29, 0.717) is 0 Å². The molecule has 2 aromatic carbocycles. The summed E-state index contributed by atoms with van der Waals surface area (Å²) in [5.74, 6) is -2.08. The Labute approximate surface area is 113 Å². The monoisotopic (exact) mass is 276 g/mol. The molecule has 0 unspecified atom stereocenters. The molecule has 0 aliphatic rings. The average molecular weight is 276 g/mol. The Morgan fingerprint density at radius 3 is 2.45 bits per heavy atom. The molecule has 0 saturated carbocycles. The summed E-state index contributed by atoms with van der Waals surface area (Å²) in [7, 11) is 0. The zero-order chi connectivity index (χ0) is 14.5. The van der Waals surface area contributed by atoms with E-state index in [1.807, 2.05) is 0 Å². The van der Waals surface area contributed by atoms with E-state index < -0.39 is 17.6 Å². The minimum Gasteiger partial charge on any atom is -0.478 e. The first-order valence-electron chi connectivity index (χ1n) is 5.69. The molecular formula is C15H10F2O3. The second kappa shape index (κ2) is 5.97. The SMILES string of the molecule is O=C(O)/C=C/c1cccc(F)c1Oc1ccc(F)cc1. The van der Waals surface area contributed by atoms with E-state index in [2.05, 4.69) is 0 Å². The van der Waals surface area contributed by atoms with Gasteiger partial charge in [-0.3, -0.25) is 0 Å². The number of hydrogen-bond donors (Lipinski definition) is 1. The largest absolute Gasteiger partial charge is 0.478 e. The molecule has 0 fully saturated rings. The van der Waals surface area contributed by atoms with Crippen LogP contribution in [-0.4, -0.2) is 11.1 Å². The molecule has 5 heteroatoms. The third kappa shape index (κ3) is 3.41. The van der Waals surface area contributed by atoms with Crippen molar-refractivity contribution in [3.63, 3.8) is 0 Å². The number of carboxylic acids is 1. The smallest absolute Gasteiger partial charge is 0.328 e. The van der Waals surface area contributed by atoms with Gasteiger partial charge in [-0.25, -0.2) is 13.6 Å². The summed E-state index contributed by atoms with van der Waals surface area (Å²) >= 11 is 0. The standard InChI is InChI=1S/C15H10F2O3/c16-11-5-7-12(8-6-11)20-15-10(4-9-14(18)19)2-1-3-13(15)17/h1-9H,(H,18,19)/b9-4+. The fourth-order valence-electron chi connectivity index (χ4n) is 1.55. The third-order valence-electron chi connectivity index (χ3n) is 2.44. The van der Waals surface area contributed by atoms with Crippen molar-refractivity contribution in [1.82, 2.24) is 0 Å². The van der Waals surface area contributed by atoms with Gasteiger partial charge in [-0.05, 0) is 36.4 Å². The fraction of sp³-hybridized carbons (Fsp3) is 0. The van der Waals surface area contributed by atoms with Crippen molar-refractivity contribution < 1.29 is 23.4 Å². The highest BCUT2D eigenvalue weighted by atomic mass is 19.1. The van der Waals surface area contributed by atoms with Gasteiger partial charge in [0, 0.05) is 11.6 Å². The van der Waals surface area contributed by atoms with Gasteiger partial charge in [-0.15, -0.1) is 0 Å². The number of benzene rings is 2. The Bertz CT molecular complexity index is 649. The first kappa shape index (κ1) is 13.7. The lowest BCUT2D eigenvalue weighted by atomic mass is 10.1. The maximum absolute atomic E-state index is 13.8. The van der Waals surface area contributed by atoms with Crippen LogP contribution < -0.4 is 4.74 Å². The normalized spacial score (nSPS) is 10.7. The Kier molecular flexibility index (Phi) is 4.10. The molecule has 1 N–H and O–H groups in total. The van der Waals surface area contributed by atoms with Crippen molar-refractivity contribution in [2.75, 3.05) is 0 Å². The minimum absolute atomic E-state index is 0.114. The Hall–Kier alpha value is -2.69. The summed E-state index contributed by atoms with van der Waals surface area (Å²) in [6.45, 7) is 0. The van der Waals surface area contributed by atoms with E-state index in [9.17, 15) is 13.6 Å². The lowest BCUT2D eigenvalue weighted by Gasteiger charge is -2.09. The van der Waals surface area contributed by atoms with Crippen molar-refractivity contribution in [3.8, 4) is 11.5 Å². The molecule has 0 bridgehead atoms. The van der Waals surface area contributed by atoms with Gasteiger partial charge in [0.15, 0.2) is 11.6 Å². The molecule has 2 aromatic rings. The number of para-hydroxylation sites is 1. The number of rotatable bonds is 4. The minimum atomic E-state index is -1.15. The van der Waals surface area contributed by atoms with Gasteiger partial charge in [-0.1, -0.05) is 12.1 Å². The molecule has 0 heterocycles. The van der Waals surface area contributed by atoms with E-state index in [1.54, 1.807) is 0 Å². The van der Waals surface area contributed by atoms with E-state index in [0.717, 1.165) is 6.08 Å². The highest BCUT2D eigenvalue weighted by molar-refractivity contribution is 5.85. The maximum Gasteiger partial charge on any atom is 0.328 e. The maximum atomic E-state index is 13.8. The van der Waals surface area contributed by atoms with Crippen LogP contribution in [0.15, 0.2) is 48.5 Å². The summed E-state index contributed by atoms with van der Waals surface area (Å²) in [6.07, 6.45) is 2.11. The van der Waals surface area contributed by atoms with Crippen LogP contribution in [0.25, 0.3) is 6.08 Å². The van der Waals surface area contributed by atoms with Gasteiger partial charge in [0.05, 0.1) is 0 Å². The zero-order valence-electron chi connectivity index (χ0n) is 10.2. The fourth-order valence-corrected chi connectivity index (χ4v) is 1.55. The molecule has 102 valence electrons. The Balaban J connectivity index is 2.34. The van der Waals surface area contributed by atoms with Crippen LogP contribution in [0.3, 0.4) is 0 Å². The van der Waals surface area contributed by atoms with Crippen molar-refractivity contribution in [1.29, 1.82) is 0 Å². The second-order valence-electron chi connectivity index (χ2n) is 3.89. The average Bonchev–Trinajstić information content (AvgIpc) is 2.41. The van der Waals surface area contributed by atoms with Gasteiger partial charge >= 0.3 is 5.97 Å². The molecule has 0 atom stereocenters. The van der Waals surface area contributed by atoms with Gasteiger partial charge in [-0.2, -0.15) is 0 Å². The van der Waals surface area contributed by atoms with Crippen LogP contribution in [0.5, 0.6) is 11.5 Å². The number of aliphatic carboxylic acids is 1. The van der Waals surface area contributed by atoms with Crippen molar-refractivity contribution in [2.45, 2.75) is 0 Å². The summed E-state index contributed by atoms with van der Waals surface area (Å²) in [5, 5.41) is 8.59. The molecule has 20 heavy (non-hydrogen) atoms. The van der Waals surface area contributed by atoms with Gasteiger partial charge in [0.2, 0.25) is 0 Å². The highest BCUT2D eigenvalue weighted by Crippen LogP contribution is 2.29. The first-order chi connectivity index (χ1) is 9.56.